The number of amides is 4. The fourth-order valence-corrected chi connectivity index (χ4v) is 3.52. The van der Waals surface area contributed by atoms with Crippen LogP contribution in [0.4, 0.5) is 0 Å². The van der Waals surface area contributed by atoms with Crippen molar-refractivity contribution in [1.82, 2.24) is 9.80 Å². The van der Waals surface area contributed by atoms with Crippen LogP contribution in [0.25, 0.3) is 0 Å². The summed E-state index contributed by atoms with van der Waals surface area (Å²) >= 11 is 0. The Morgan fingerprint density at radius 3 is 2.04 bits per heavy atom. The van der Waals surface area contributed by atoms with Crippen LogP contribution in [-0.2, 0) is 4.79 Å². The van der Waals surface area contributed by atoms with Crippen molar-refractivity contribution in [3.05, 3.63) is 71.3 Å². The Balaban J connectivity index is 1.63. The van der Waals surface area contributed by atoms with Gasteiger partial charge >= 0.3 is 0 Å². The number of carbonyl (C=O) groups is 4. The van der Waals surface area contributed by atoms with Gasteiger partial charge in [-0.2, -0.15) is 0 Å². The summed E-state index contributed by atoms with van der Waals surface area (Å²) in [5.41, 5.74) is 1.01. The van der Waals surface area contributed by atoms with Crippen molar-refractivity contribution in [3.8, 4) is 0 Å². The lowest BCUT2D eigenvalue weighted by atomic mass is 10.0. The average Bonchev–Trinajstić information content (AvgIpc) is 2.93. The van der Waals surface area contributed by atoms with Crippen LogP contribution in [-0.4, -0.2) is 46.0 Å². The number of carbonyl (C=O) groups excluding carboxylic acids is 4. The molecule has 1 saturated heterocycles. The number of fused-ring (bicyclic) bond motifs is 1. The van der Waals surface area contributed by atoms with E-state index >= 15 is 0 Å². The van der Waals surface area contributed by atoms with E-state index in [1.807, 2.05) is 0 Å². The molecule has 0 N–H and O–H groups in total. The second-order valence-corrected chi connectivity index (χ2v) is 6.34. The van der Waals surface area contributed by atoms with E-state index in [0.717, 1.165) is 9.80 Å². The summed E-state index contributed by atoms with van der Waals surface area (Å²) in [6.07, 6.45) is 0.908. The van der Waals surface area contributed by atoms with Crippen molar-refractivity contribution in [2.45, 2.75) is 18.9 Å². The molecule has 130 valence electrons. The van der Waals surface area contributed by atoms with Crippen LogP contribution in [0.3, 0.4) is 0 Å². The van der Waals surface area contributed by atoms with Gasteiger partial charge in [0.25, 0.3) is 23.6 Å². The minimum absolute atomic E-state index is 0.284. The number of likely N-dealkylation sites (tertiary alicyclic amines) is 1. The molecule has 2 aromatic rings. The highest BCUT2D eigenvalue weighted by atomic mass is 16.2. The van der Waals surface area contributed by atoms with E-state index in [0.29, 0.717) is 29.5 Å². The van der Waals surface area contributed by atoms with Crippen LogP contribution in [0.15, 0.2) is 54.6 Å². The van der Waals surface area contributed by atoms with Gasteiger partial charge in [0.05, 0.1) is 11.1 Å². The van der Waals surface area contributed by atoms with E-state index in [1.54, 1.807) is 54.6 Å². The number of benzene rings is 2. The molecule has 2 aliphatic rings. The van der Waals surface area contributed by atoms with Crippen LogP contribution in [0, 0.1) is 0 Å². The molecular formula is C20H16N2O4. The number of hydrogen-bond acceptors (Lipinski definition) is 4. The smallest absolute Gasteiger partial charge is 0.262 e. The fourth-order valence-electron chi connectivity index (χ4n) is 3.52. The first-order valence-corrected chi connectivity index (χ1v) is 8.47. The molecular weight excluding hydrogens is 332 g/mol. The predicted molar refractivity (Wildman–Crippen MR) is 92.4 cm³/mol. The van der Waals surface area contributed by atoms with Gasteiger partial charge in [-0.25, -0.2) is 0 Å². The number of nitrogens with zero attached hydrogens (tertiary/aromatic N) is 2. The molecule has 4 rings (SSSR count). The number of imide groups is 2. The third-order valence-electron chi connectivity index (χ3n) is 4.81. The Morgan fingerprint density at radius 1 is 0.846 bits per heavy atom. The molecule has 2 aliphatic heterocycles. The summed E-state index contributed by atoms with van der Waals surface area (Å²) in [6, 6.07) is 14.1. The average molecular weight is 348 g/mol. The standard InChI is InChI=1S/C20H16N2O4/c23-17(13-7-2-1-3-8-13)21-12-6-11-16(20(21)26)22-18(24)14-9-4-5-10-15(14)19(22)25/h1-5,7-10,16H,6,11-12H2/t16-/m0/s1. The van der Waals surface area contributed by atoms with Gasteiger partial charge in [-0.3, -0.25) is 29.0 Å². The van der Waals surface area contributed by atoms with Crippen molar-refractivity contribution >= 4 is 23.6 Å². The first kappa shape index (κ1) is 16.2. The van der Waals surface area contributed by atoms with Gasteiger partial charge in [-0.05, 0) is 37.1 Å². The van der Waals surface area contributed by atoms with Gasteiger partial charge in [-0.15, -0.1) is 0 Å². The molecule has 0 aliphatic carbocycles. The predicted octanol–water partition coefficient (Wildman–Crippen LogP) is 2.11. The lowest BCUT2D eigenvalue weighted by molar-refractivity contribution is -0.135. The molecule has 1 atom stereocenters. The van der Waals surface area contributed by atoms with Gasteiger partial charge in [0.15, 0.2) is 0 Å². The maximum absolute atomic E-state index is 12.9. The zero-order valence-corrected chi connectivity index (χ0v) is 13.9. The summed E-state index contributed by atoms with van der Waals surface area (Å²) < 4.78 is 0. The Hall–Kier alpha value is -3.28. The van der Waals surface area contributed by atoms with E-state index in [-0.39, 0.29) is 6.54 Å². The lowest BCUT2D eigenvalue weighted by Crippen LogP contribution is -2.55. The molecule has 0 aromatic heterocycles. The molecule has 6 heteroatoms. The molecule has 0 radical (unpaired) electrons. The fraction of sp³-hybridized carbons (Fsp3) is 0.200. The number of hydrogen-bond donors (Lipinski definition) is 0. The minimum Gasteiger partial charge on any atom is -0.277 e. The minimum atomic E-state index is -0.941. The summed E-state index contributed by atoms with van der Waals surface area (Å²) in [5.74, 6) is -1.85. The van der Waals surface area contributed by atoms with Crippen molar-refractivity contribution in [2.24, 2.45) is 0 Å². The van der Waals surface area contributed by atoms with E-state index < -0.39 is 29.7 Å². The monoisotopic (exact) mass is 348 g/mol. The molecule has 1 fully saturated rings. The van der Waals surface area contributed by atoms with Gasteiger partial charge in [0, 0.05) is 12.1 Å². The summed E-state index contributed by atoms with van der Waals surface area (Å²) in [4.78, 5) is 53.1. The van der Waals surface area contributed by atoms with E-state index in [2.05, 4.69) is 0 Å². The first-order valence-electron chi connectivity index (χ1n) is 8.47. The molecule has 2 aromatic carbocycles. The zero-order valence-electron chi connectivity index (χ0n) is 13.9. The van der Waals surface area contributed by atoms with Gasteiger partial charge in [0.2, 0.25) is 0 Å². The topological polar surface area (TPSA) is 74.8 Å². The molecule has 4 amide bonds. The van der Waals surface area contributed by atoms with Gasteiger partial charge in [0.1, 0.15) is 6.04 Å². The highest BCUT2D eigenvalue weighted by Crippen LogP contribution is 2.29. The van der Waals surface area contributed by atoms with Crippen LogP contribution < -0.4 is 0 Å². The number of rotatable bonds is 2. The maximum atomic E-state index is 12.9. The van der Waals surface area contributed by atoms with Crippen LogP contribution in [0.2, 0.25) is 0 Å². The molecule has 2 heterocycles. The van der Waals surface area contributed by atoms with Crippen molar-refractivity contribution in [2.75, 3.05) is 6.54 Å². The summed E-state index contributed by atoms with van der Waals surface area (Å²) in [5, 5.41) is 0. The second-order valence-electron chi connectivity index (χ2n) is 6.34. The lowest BCUT2D eigenvalue weighted by Gasteiger charge is -2.34. The van der Waals surface area contributed by atoms with Crippen LogP contribution in [0.5, 0.6) is 0 Å². The van der Waals surface area contributed by atoms with Crippen molar-refractivity contribution in [1.29, 1.82) is 0 Å². The Labute approximate surface area is 150 Å². The Morgan fingerprint density at radius 2 is 1.42 bits per heavy atom. The highest BCUT2D eigenvalue weighted by molar-refractivity contribution is 6.23. The summed E-state index contributed by atoms with van der Waals surface area (Å²) in [7, 11) is 0. The van der Waals surface area contributed by atoms with Gasteiger partial charge in [-0.1, -0.05) is 30.3 Å². The SMILES string of the molecule is O=C(c1ccccc1)N1CCC[C@H](N2C(=O)c3ccccc3C2=O)C1=O. The third kappa shape index (κ3) is 2.42. The zero-order chi connectivity index (χ0) is 18.3. The molecule has 6 nitrogen and oxygen atoms in total. The van der Waals surface area contributed by atoms with Crippen molar-refractivity contribution in [3.63, 3.8) is 0 Å². The Bertz CT molecular complexity index is 887. The molecule has 0 unspecified atom stereocenters. The molecule has 0 spiro atoms. The van der Waals surface area contributed by atoms with Crippen LogP contribution in [0.1, 0.15) is 43.9 Å². The normalized spacial score (nSPS) is 19.7. The second kappa shape index (κ2) is 6.22. The molecule has 0 bridgehead atoms. The molecule has 26 heavy (non-hydrogen) atoms. The van der Waals surface area contributed by atoms with E-state index in [9.17, 15) is 19.2 Å². The summed E-state index contributed by atoms with van der Waals surface area (Å²) in [6.45, 7) is 0.284. The van der Waals surface area contributed by atoms with E-state index in [1.165, 1.54) is 0 Å². The largest absolute Gasteiger partial charge is 0.277 e. The quantitative estimate of drug-likeness (QED) is 0.779. The first-order chi connectivity index (χ1) is 12.6. The highest BCUT2D eigenvalue weighted by Gasteiger charge is 2.46. The number of piperidine rings is 1. The van der Waals surface area contributed by atoms with Crippen molar-refractivity contribution < 1.29 is 19.2 Å². The third-order valence-corrected chi connectivity index (χ3v) is 4.81. The maximum Gasteiger partial charge on any atom is 0.262 e. The Kier molecular flexibility index (Phi) is 3.88. The van der Waals surface area contributed by atoms with Gasteiger partial charge < -0.3 is 0 Å². The van der Waals surface area contributed by atoms with Crippen LogP contribution >= 0.6 is 0 Å². The van der Waals surface area contributed by atoms with E-state index in [4.69, 9.17) is 0 Å². The molecule has 0 saturated carbocycles.